The molecule has 0 saturated carbocycles. The largest absolute Gasteiger partial charge is 0.467 e. The molecule has 1 aromatic carbocycles. The first-order valence-corrected chi connectivity index (χ1v) is 9.81. The van der Waals surface area contributed by atoms with E-state index < -0.39 is 29.9 Å². The summed E-state index contributed by atoms with van der Waals surface area (Å²) < 4.78 is 19.6. The predicted octanol–water partition coefficient (Wildman–Crippen LogP) is 3.45. The van der Waals surface area contributed by atoms with Gasteiger partial charge in [-0.25, -0.2) is 19.0 Å². The molecule has 7 nitrogen and oxygen atoms in total. The van der Waals surface area contributed by atoms with Crippen LogP contribution >= 0.6 is 11.6 Å². The van der Waals surface area contributed by atoms with Crippen molar-refractivity contribution in [2.45, 2.75) is 38.8 Å². The predicted molar refractivity (Wildman–Crippen MR) is 106 cm³/mol. The van der Waals surface area contributed by atoms with E-state index in [1.54, 1.807) is 12.1 Å². The van der Waals surface area contributed by atoms with E-state index in [0.29, 0.717) is 25.1 Å². The third-order valence-electron chi connectivity index (χ3n) is 4.93. The minimum atomic E-state index is -0.788. The van der Waals surface area contributed by atoms with Crippen molar-refractivity contribution in [2.24, 2.45) is 5.92 Å². The van der Waals surface area contributed by atoms with Crippen molar-refractivity contribution in [1.82, 2.24) is 20.2 Å². The molecule has 2 atom stereocenters. The van der Waals surface area contributed by atoms with Crippen LogP contribution in [0.2, 0.25) is 5.02 Å². The van der Waals surface area contributed by atoms with Crippen LogP contribution in [0.5, 0.6) is 0 Å². The smallest absolute Gasteiger partial charge is 0.328 e. The zero-order chi connectivity index (χ0) is 21.1. The fraction of sp³-hybridized carbons (Fsp3) is 0.450. The number of aromatic amines is 1. The van der Waals surface area contributed by atoms with Crippen molar-refractivity contribution in [3.05, 3.63) is 52.3 Å². The highest BCUT2D eigenvalue weighted by Crippen LogP contribution is 2.35. The lowest BCUT2D eigenvalue weighted by Gasteiger charge is -2.36. The summed E-state index contributed by atoms with van der Waals surface area (Å²) in [6.07, 6.45) is 2.50. The maximum absolute atomic E-state index is 14.7. The van der Waals surface area contributed by atoms with Crippen LogP contribution in [0, 0.1) is 11.7 Å². The van der Waals surface area contributed by atoms with Gasteiger partial charge in [0.25, 0.3) is 0 Å². The molecule has 156 valence electrons. The number of hydrogen-bond acceptors (Lipinski definition) is 4. The molecular formula is C20H24ClFN4O3. The summed E-state index contributed by atoms with van der Waals surface area (Å²) in [5, 5.41) is 3.01. The summed E-state index contributed by atoms with van der Waals surface area (Å²) in [7, 11) is 1.28. The van der Waals surface area contributed by atoms with Gasteiger partial charge in [-0.2, -0.15) is 0 Å². The van der Waals surface area contributed by atoms with Gasteiger partial charge in [0.1, 0.15) is 17.9 Å². The molecule has 0 spiro atoms. The lowest BCUT2D eigenvalue weighted by Crippen LogP contribution is -2.51. The molecule has 0 unspecified atom stereocenters. The van der Waals surface area contributed by atoms with Gasteiger partial charge < -0.3 is 19.9 Å². The number of hydrogen-bond donors (Lipinski definition) is 2. The Hall–Kier alpha value is -2.61. The summed E-state index contributed by atoms with van der Waals surface area (Å²) in [5.74, 6) is -0.871. The average molecular weight is 423 g/mol. The van der Waals surface area contributed by atoms with Crippen molar-refractivity contribution < 1.29 is 18.7 Å². The Morgan fingerprint density at radius 3 is 2.86 bits per heavy atom. The molecule has 0 radical (unpaired) electrons. The molecule has 0 saturated heterocycles. The number of carbonyl (C=O) groups is 2. The number of rotatable bonds is 5. The summed E-state index contributed by atoms with van der Waals surface area (Å²) >= 11 is 5.90. The molecule has 0 fully saturated rings. The van der Waals surface area contributed by atoms with Gasteiger partial charge in [-0.3, -0.25) is 0 Å². The molecule has 29 heavy (non-hydrogen) atoms. The first-order chi connectivity index (χ1) is 13.8. The fourth-order valence-corrected chi connectivity index (χ4v) is 3.75. The van der Waals surface area contributed by atoms with E-state index in [-0.39, 0.29) is 16.5 Å². The Bertz CT molecular complexity index is 902. The minimum absolute atomic E-state index is 0.170. The van der Waals surface area contributed by atoms with Crippen molar-refractivity contribution in [1.29, 1.82) is 0 Å². The number of fused-ring (bicyclic) bond motifs is 1. The molecular weight excluding hydrogens is 399 g/mol. The molecule has 9 heteroatoms. The van der Waals surface area contributed by atoms with Gasteiger partial charge in [0.05, 0.1) is 19.1 Å². The molecule has 2 aromatic rings. The third-order valence-corrected chi connectivity index (χ3v) is 5.17. The number of esters is 1. The molecule has 1 aromatic heterocycles. The number of benzene rings is 1. The number of aromatic nitrogens is 2. The van der Waals surface area contributed by atoms with Crippen LogP contribution in [0.4, 0.5) is 9.18 Å². The number of urea groups is 1. The van der Waals surface area contributed by atoms with Gasteiger partial charge >= 0.3 is 12.0 Å². The molecule has 1 aliphatic heterocycles. The zero-order valence-electron chi connectivity index (χ0n) is 16.5. The summed E-state index contributed by atoms with van der Waals surface area (Å²) in [5.41, 5.74) is 1.71. The molecule has 1 aliphatic rings. The average Bonchev–Trinajstić information content (AvgIpc) is 3.15. The second-order valence-electron chi connectivity index (χ2n) is 7.43. The first kappa shape index (κ1) is 21.1. The van der Waals surface area contributed by atoms with E-state index >= 15 is 0 Å². The Kier molecular flexibility index (Phi) is 6.42. The van der Waals surface area contributed by atoms with E-state index in [2.05, 4.69) is 15.3 Å². The normalized spacial score (nSPS) is 17.0. The van der Waals surface area contributed by atoms with Crippen LogP contribution in [0.3, 0.4) is 0 Å². The van der Waals surface area contributed by atoms with Gasteiger partial charge in [-0.15, -0.1) is 0 Å². The van der Waals surface area contributed by atoms with Crippen molar-refractivity contribution >= 4 is 23.6 Å². The summed E-state index contributed by atoms with van der Waals surface area (Å²) in [6, 6.07) is 2.34. The second-order valence-corrected chi connectivity index (χ2v) is 7.87. The number of halogens is 2. The SMILES string of the molecule is COC(=O)[C@@H](CC(C)C)NC(=O)N1CCc2[nH]cnc2[C@H]1c1ccc(Cl)cc1F. The number of carbonyl (C=O) groups excluding carboxylic acids is 2. The fourth-order valence-electron chi connectivity index (χ4n) is 3.59. The Morgan fingerprint density at radius 2 is 2.21 bits per heavy atom. The number of nitrogens with zero attached hydrogens (tertiary/aromatic N) is 2. The van der Waals surface area contributed by atoms with Gasteiger partial charge in [0, 0.05) is 29.2 Å². The van der Waals surface area contributed by atoms with Gasteiger partial charge in [0.2, 0.25) is 0 Å². The van der Waals surface area contributed by atoms with E-state index in [4.69, 9.17) is 16.3 Å². The number of amides is 2. The molecule has 2 heterocycles. The lowest BCUT2D eigenvalue weighted by molar-refractivity contribution is -0.143. The van der Waals surface area contributed by atoms with Crippen LogP contribution in [0.15, 0.2) is 24.5 Å². The van der Waals surface area contributed by atoms with Crippen LogP contribution in [0.1, 0.15) is 43.3 Å². The quantitative estimate of drug-likeness (QED) is 0.722. The highest BCUT2D eigenvalue weighted by Gasteiger charge is 2.37. The third kappa shape index (κ3) is 4.53. The van der Waals surface area contributed by atoms with Gasteiger partial charge in [-0.05, 0) is 24.5 Å². The molecule has 2 N–H and O–H groups in total. The van der Waals surface area contributed by atoms with Gasteiger partial charge in [-0.1, -0.05) is 31.5 Å². The van der Waals surface area contributed by atoms with Crippen LogP contribution in [-0.4, -0.2) is 46.6 Å². The lowest BCUT2D eigenvalue weighted by atomic mass is 9.95. The highest BCUT2D eigenvalue weighted by atomic mass is 35.5. The topological polar surface area (TPSA) is 87.3 Å². The zero-order valence-corrected chi connectivity index (χ0v) is 17.3. The van der Waals surface area contributed by atoms with E-state index in [9.17, 15) is 14.0 Å². The Balaban J connectivity index is 1.93. The number of methoxy groups -OCH3 is 1. The first-order valence-electron chi connectivity index (χ1n) is 9.43. The maximum atomic E-state index is 14.7. The monoisotopic (exact) mass is 422 g/mol. The summed E-state index contributed by atoms with van der Waals surface area (Å²) in [6.45, 7) is 4.24. The minimum Gasteiger partial charge on any atom is -0.467 e. The number of H-pyrrole nitrogens is 1. The maximum Gasteiger partial charge on any atom is 0.328 e. The molecule has 0 bridgehead atoms. The van der Waals surface area contributed by atoms with Gasteiger partial charge in [0.15, 0.2) is 0 Å². The van der Waals surface area contributed by atoms with Crippen LogP contribution in [0.25, 0.3) is 0 Å². The second kappa shape index (κ2) is 8.82. The number of nitrogens with one attached hydrogen (secondary N) is 2. The standard InChI is InChI=1S/C20H24ClFN4O3/c1-11(2)8-16(19(27)29-3)25-20(28)26-7-6-15-17(24-10-23-15)18(26)13-5-4-12(21)9-14(13)22/h4-5,9-11,16,18H,6-8H2,1-3H3,(H,23,24)(H,25,28)/t16-,18-/m1/s1. The van der Waals surface area contributed by atoms with Crippen molar-refractivity contribution in [3.8, 4) is 0 Å². The van der Waals surface area contributed by atoms with Crippen molar-refractivity contribution in [3.63, 3.8) is 0 Å². The van der Waals surface area contributed by atoms with E-state index in [0.717, 1.165) is 5.69 Å². The molecule has 2 amide bonds. The van der Waals surface area contributed by atoms with E-state index in [1.165, 1.54) is 24.4 Å². The van der Waals surface area contributed by atoms with Crippen molar-refractivity contribution in [2.75, 3.05) is 13.7 Å². The highest BCUT2D eigenvalue weighted by molar-refractivity contribution is 6.30. The van der Waals surface area contributed by atoms with Crippen LogP contribution in [-0.2, 0) is 16.0 Å². The Morgan fingerprint density at radius 1 is 1.45 bits per heavy atom. The van der Waals surface area contributed by atoms with Crippen LogP contribution < -0.4 is 5.32 Å². The van der Waals surface area contributed by atoms with E-state index in [1.807, 2.05) is 13.8 Å². The molecule has 0 aliphatic carbocycles. The number of ether oxygens (including phenoxy) is 1. The summed E-state index contributed by atoms with van der Waals surface area (Å²) in [4.78, 5) is 34.1. The number of imidazole rings is 1. The Labute approximate surface area is 173 Å². The molecule has 3 rings (SSSR count).